The summed E-state index contributed by atoms with van der Waals surface area (Å²) in [5, 5.41) is 0. The van der Waals surface area contributed by atoms with Crippen LogP contribution < -0.4 is 5.73 Å². The molecule has 0 saturated heterocycles. The first-order valence-corrected chi connectivity index (χ1v) is 4.89. The Labute approximate surface area is 98.0 Å². The predicted octanol–water partition coefficient (Wildman–Crippen LogP) is 2.83. The third-order valence-electron chi connectivity index (χ3n) is 2.45. The van der Waals surface area contributed by atoms with Crippen molar-refractivity contribution in [1.29, 1.82) is 0 Å². The molecule has 18 heavy (non-hydrogen) atoms. The number of halogens is 5. The molecule has 8 heteroatoms. The summed E-state index contributed by atoms with van der Waals surface area (Å²) in [7, 11) is 0. The van der Waals surface area contributed by atoms with E-state index >= 15 is 0 Å². The number of pyridine rings is 1. The quantitative estimate of drug-likeness (QED) is 0.848. The molecule has 0 amide bonds. The highest BCUT2D eigenvalue weighted by atomic mass is 19.4. The number of hydrogen-bond acceptors (Lipinski definition) is 2. The summed E-state index contributed by atoms with van der Waals surface area (Å²) >= 11 is 0. The summed E-state index contributed by atoms with van der Waals surface area (Å²) in [6, 6.07) is 1.73. The average Bonchev–Trinajstić information content (AvgIpc) is 2.66. The zero-order valence-electron chi connectivity index (χ0n) is 8.83. The Morgan fingerprint density at radius 3 is 2.44 bits per heavy atom. The third kappa shape index (κ3) is 2.03. The van der Waals surface area contributed by atoms with Gasteiger partial charge in [0.05, 0.1) is 11.2 Å². The van der Waals surface area contributed by atoms with E-state index in [2.05, 4.69) is 4.98 Å². The lowest BCUT2D eigenvalue weighted by molar-refractivity contribution is -0.149. The van der Waals surface area contributed by atoms with E-state index in [1.807, 2.05) is 0 Å². The number of imidazole rings is 1. The molecule has 0 aliphatic heterocycles. The highest BCUT2D eigenvalue weighted by molar-refractivity contribution is 5.55. The van der Waals surface area contributed by atoms with Crippen LogP contribution in [0.5, 0.6) is 0 Å². The van der Waals surface area contributed by atoms with Crippen molar-refractivity contribution in [2.75, 3.05) is 0 Å². The number of nitrogens with zero attached hydrogens (tertiary/aromatic N) is 2. The molecule has 98 valence electrons. The van der Waals surface area contributed by atoms with Gasteiger partial charge in [0.2, 0.25) is 0 Å². The van der Waals surface area contributed by atoms with Gasteiger partial charge in [-0.15, -0.1) is 0 Å². The maximum Gasteiger partial charge on any atom is 0.409 e. The van der Waals surface area contributed by atoms with Gasteiger partial charge in [0.25, 0.3) is 6.43 Å². The zero-order valence-corrected chi connectivity index (χ0v) is 8.83. The largest absolute Gasteiger partial charge is 0.409 e. The number of fused-ring (bicyclic) bond motifs is 1. The van der Waals surface area contributed by atoms with Gasteiger partial charge in [0, 0.05) is 6.20 Å². The van der Waals surface area contributed by atoms with E-state index in [0.29, 0.717) is 0 Å². The molecule has 2 aromatic heterocycles. The fraction of sp³-hybridized carbons (Fsp3) is 0.300. The molecular formula is C10H8F5N3. The van der Waals surface area contributed by atoms with Crippen molar-refractivity contribution < 1.29 is 22.0 Å². The molecule has 0 aromatic carbocycles. The Balaban J connectivity index is 2.65. The second-order valence-electron chi connectivity index (χ2n) is 3.63. The first-order valence-electron chi connectivity index (χ1n) is 4.89. The van der Waals surface area contributed by atoms with Gasteiger partial charge < -0.3 is 5.73 Å². The summed E-state index contributed by atoms with van der Waals surface area (Å²) in [6.45, 7) is 0. The first-order chi connectivity index (χ1) is 8.32. The first kappa shape index (κ1) is 12.7. The van der Waals surface area contributed by atoms with Gasteiger partial charge in [-0.1, -0.05) is 6.07 Å². The number of rotatable bonds is 2. The van der Waals surface area contributed by atoms with Crippen LogP contribution in [0.4, 0.5) is 22.0 Å². The summed E-state index contributed by atoms with van der Waals surface area (Å²) in [5.74, 6) is -0.750. The highest BCUT2D eigenvalue weighted by Crippen LogP contribution is 2.33. The third-order valence-corrected chi connectivity index (χ3v) is 2.45. The fourth-order valence-corrected chi connectivity index (χ4v) is 1.62. The van der Waals surface area contributed by atoms with Crippen LogP contribution in [-0.4, -0.2) is 15.6 Å². The van der Waals surface area contributed by atoms with Crippen molar-refractivity contribution in [3.63, 3.8) is 0 Å². The Bertz CT molecular complexity index is 560. The van der Waals surface area contributed by atoms with Crippen LogP contribution in [0.3, 0.4) is 0 Å². The van der Waals surface area contributed by atoms with Crippen LogP contribution in [0.2, 0.25) is 0 Å². The van der Waals surface area contributed by atoms with Crippen LogP contribution >= 0.6 is 0 Å². The smallest absolute Gasteiger partial charge is 0.315 e. The Morgan fingerprint density at radius 2 is 1.89 bits per heavy atom. The SMILES string of the molecule is NC(c1nc(C(F)F)n2ccccc12)C(F)(F)F. The number of aromatic nitrogens is 2. The number of hydrogen-bond donors (Lipinski definition) is 1. The molecule has 0 saturated carbocycles. The van der Waals surface area contributed by atoms with Crippen molar-refractivity contribution in [2.24, 2.45) is 5.73 Å². The van der Waals surface area contributed by atoms with E-state index in [1.54, 1.807) is 0 Å². The minimum Gasteiger partial charge on any atom is -0.315 e. The normalized spacial score (nSPS) is 14.4. The maximum atomic E-state index is 12.7. The Morgan fingerprint density at radius 1 is 1.22 bits per heavy atom. The summed E-state index contributed by atoms with van der Waals surface area (Å²) in [5.41, 5.74) is 4.34. The fourth-order valence-electron chi connectivity index (χ4n) is 1.62. The van der Waals surface area contributed by atoms with E-state index < -0.39 is 30.2 Å². The monoisotopic (exact) mass is 265 g/mol. The minimum absolute atomic E-state index is 0.0716. The van der Waals surface area contributed by atoms with Gasteiger partial charge in [0.1, 0.15) is 6.04 Å². The van der Waals surface area contributed by atoms with Gasteiger partial charge >= 0.3 is 6.18 Å². The highest BCUT2D eigenvalue weighted by Gasteiger charge is 2.41. The molecule has 0 spiro atoms. The van der Waals surface area contributed by atoms with Crippen molar-refractivity contribution in [3.8, 4) is 0 Å². The topological polar surface area (TPSA) is 43.3 Å². The van der Waals surface area contributed by atoms with Gasteiger partial charge in [-0.25, -0.2) is 13.8 Å². The summed E-state index contributed by atoms with van der Waals surface area (Å²) in [4.78, 5) is 3.32. The molecule has 3 nitrogen and oxygen atoms in total. The summed E-state index contributed by atoms with van der Waals surface area (Å²) in [6.07, 6.45) is -6.49. The Kier molecular flexibility index (Phi) is 2.97. The molecule has 0 radical (unpaired) electrons. The predicted molar refractivity (Wildman–Crippen MR) is 53.1 cm³/mol. The second-order valence-corrected chi connectivity index (χ2v) is 3.63. The van der Waals surface area contributed by atoms with Crippen LogP contribution in [0.1, 0.15) is 24.0 Å². The van der Waals surface area contributed by atoms with E-state index in [0.717, 1.165) is 4.40 Å². The van der Waals surface area contributed by atoms with Crippen LogP contribution in [-0.2, 0) is 0 Å². The van der Waals surface area contributed by atoms with E-state index in [-0.39, 0.29) is 5.52 Å². The zero-order chi connectivity index (χ0) is 13.5. The van der Waals surface area contributed by atoms with Crippen LogP contribution in [0, 0.1) is 0 Å². The molecule has 2 rings (SSSR count). The molecule has 0 aliphatic carbocycles. The lowest BCUT2D eigenvalue weighted by atomic mass is 10.2. The standard InChI is InChI=1S/C10H8F5N3/c11-8(12)9-17-6(7(16)10(13,14)15)5-3-1-2-4-18(5)9/h1-4,7-8H,16H2. The molecular weight excluding hydrogens is 257 g/mol. The van der Waals surface area contributed by atoms with Crippen LogP contribution in [0.15, 0.2) is 24.4 Å². The number of alkyl halides is 5. The van der Waals surface area contributed by atoms with Gasteiger partial charge in [-0.2, -0.15) is 13.2 Å². The van der Waals surface area contributed by atoms with Gasteiger partial charge in [-0.3, -0.25) is 4.40 Å². The molecule has 1 atom stereocenters. The van der Waals surface area contributed by atoms with Gasteiger partial charge in [-0.05, 0) is 12.1 Å². The molecule has 1 unspecified atom stereocenters. The summed E-state index contributed by atoms with van der Waals surface area (Å²) < 4.78 is 63.8. The molecule has 2 N–H and O–H groups in total. The number of nitrogens with two attached hydrogens (primary N) is 1. The molecule has 0 bridgehead atoms. The molecule has 2 aromatic rings. The van der Waals surface area contributed by atoms with Crippen LogP contribution in [0.25, 0.3) is 5.52 Å². The van der Waals surface area contributed by atoms with Crippen molar-refractivity contribution in [3.05, 3.63) is 35.9 Å². The minimum atomic E-state index is -4.73. The van der Waals surface area contributed by atoms with E-state index in [1.165, 1.54) is 24.4 Å². The average molecular weight is 265 g/mol. The lowest BCUT2D eigenvalue weighted by Gasteiger charge is -2.13. The van der Waals surface area contributed by atoms with E-state index in [4.69, 9.17) is 5.73 Å². The van der Waals surface area contributed by atoms with E-state index in [9.17, 15) is 22.0 Å². The maximum absolute atomic E-state index is 12.7. The molecule has 0 fully saturated rings. The second kappa shape index (κ2) is 4.20. The lowest BCUT2D eigenvalue weighted by Crippen LogP contribution is -2.29. The Hall–Kier alpha value is -1.70. The van der Waals surface area contributed by atoms with Crippen molar-refractivity contribution >= 4 is 5.52 Å². The van der Waals surface area contributed by atoms with Gasteiger partial charge in [0.15, 0.2) is 5.82 Å². The molecule has 0 aliphatic rings. The van der Waals surface area contributed by atoms with Crippen molar-refractivity contribution in [2.45, 2.75) is 18.6 Å². The molecule has 2 heterocycles. The van der Waals surface area contributed by atoms with Crippen molar-refractivity contribution in [1.82, 2.24) is 9.38 Å².